The fourth-order valence-corrected chi connectivity index (χ4v) is 11.2. The standard InChI is InChI=1S/C23H19NO4.2C19H24N2O4S.4C2H6/c1-12(2)13-7-9-14(10-8-13)28-18-11-17(25)19-20(21(18)24)23(27)16-6-4-3-5-15(16)22(19)26;2*1-13(2)16-7-5-15(6-8-16)11-17-9-10-18(12-19(17)21(22)23)26(24,25)20-14(3)4;4*1-2/h3-12,25H,24H2,1-2H3;2*5-10,12-14,20H,11H2,1-4H3;4*1-2H3. The summed E-state index contributed by atoms with van der Waals surface area (Å²) >= 11 is 0. The van der Waals surface area contributed by atoms with Gasteiger partial charge in [-0.2, -0.15) is 0 Å². The van der Waals surface area contributed by atoms with Crippen LogP contribution in [0.15, 0.2) is 149 Å². The van der Waals surface area contributed by atoms with Gasteiger partial charge in [0.15, 0.2) is 17.3 Å². The summed E-state index contributed by atoms with van der Waals surface area (Å²) < 4.78 is 59.7. The molecule has 19 heteroatoms. The van der Waals surface area contributed by atoms with Crippen LogP contribution in [0.2, 0.25) is 0 Å². The van der Waals surface area contributed by atoms with Crippen LogP contribution in [0.3, 0.4) is 0 Å². The van der Waals surface area contributed by atoms with Crippen LogP contribution in [-0.4, -0.2) is 55.4 Å². The Bertz CT molecular complexity index is 3510. The zero-order valence-corrected chi connectivity index (χ0v) is 55.9. The SMILES string of the molecule is CC.CC.CC.CC.CC(C)NS(=O)(=O)c1ccc(Cc2ccc(C(C)C)cc2)c([N+](=O)[O-])c1.CC(C)NS(=O)(=O)c1ccc(Cc2ccc(C(C)C)cc2)c([N+](=O)[O-])c1.CC(C)c1ccc(Oc2cc(O)c3c(c2N)C(=O)c2ccccc2C3=O)cc1. The van der Waals surface area contributed by atoms with E-state index in [-0.39, 0.29) is 72.7 Å². The number of benzene rings is 7. The van der Waals surface area contributed by atoms with E-state index >= 15 is 0 Å². The smallest absolute Gasteiger partial charge is 0.274 e. The Kier molecular flexibility index (Phi) is 30.8. The minimum Gasteiger partial charge on any atom is -0.507 e. The van der Waals surface area contributed by atoms with Gasteiger partial charge in [-0.05, 0) is 97.5 Å². The van der Waals surface area contributed by atoms with Crippen LogP contribution in [0.4, 0.5) is 17.1 Å². The highest BCUT2D eigenvalue weighted by Gasteiger charge is 2.35. The number of carbonyl (C=O) groups is 2. The minimum atomic E-state index is -3.77. The molecular weight excluding hydrogens is 1150 g/mol. The number of nitro benzene ring substituents is 2. The van der Waals surface area contributed by atoms with Gasteiger partial charge in [0, 0.05) is 65.4 Å². The summed E-state index contributed by atoms with van der Waals surface area (Å²) in [7, 11) is -7.55. The molecule has 0 spiro atoms. The molecule has 0 heterocycles. The molecule has 7 aromatic rings. The molecule has 7 aromatic carbocycles. The number of nitrogens with zero attached hydrogens (tertiary/aromatic N) is 2. The predicted octanol–water partition coefficient (Wildman–Crippen LogP) is 16.8. The number of ketones is 2. The zero-order valence-electron chi connectivity index (χ0n) is 54.3. The molecule has 1 aliphatic carbocycles. The molecule has 0 bridgehead atoms. The number of hydrogen-bond donors (Lipinski definition) is 4. The average molecular weight is 1250 g/mol. The summed E-state index contributed by atoms with van der Waals surface area (Å²) in [5, 5.41) is 33.4. The van der Waals surface area contributed by atoms with E-state index < -0.39 is 41.5 Å². The molecule has 8 rings (SSSR count). The highest BCUT2D eigenvalue weighted by atomic mass is 32.2. The third-order valence-corrected chi connectivity index (χ3v) is 16.3. The molecule has 5 N–H and O–H groups in total. The van der Waals surface area contributed by atoms with Crippen molar-refractivity contribution in [2.45, 2.75) is 177 Å². The molecule has 0 aliphatic heterocycles. The predicted molar refractivity (Wildman–Crippen MR) is 356 cm³/mol. The van der Waals surface area contributed by atoms with Gasteiger partial charge in [0.1, 0.15) is 11.5 Å². The summed E-state index contributed by atoms with van der Waals surface area (Å²) in [5.74, 6) is 0.703. The number of carbonyl (C=O) groups excluding carboxylic acids is 2. The Morgan fingerprint density at radius 2 is 0.818 bits per heavy atom. The van der Waals surface area contributed by atoms with E-state index in [1.54, 1.807) is 64.1 Å². The number of nitrogens with one attached hydrogen (secondary N) is 2. The van der Waals surface area contributed by atoms with Crippen LogP contribution in [0.25, 0.3) is 0 Å². The molecule has 0 aromatic heterocycles. The van der Waals surface area contributed by atoms with Crippen molar-refractivity contribution in [3.63, 3.8) is 0 Å². The van der Waals surface area contributed by atoms with Gasteiger partial charge in [-0.3, -0.25) is 29.8 Å². The fourth-order valence-electron chi connectivity index (χ4n) is 8.70. The Morgan fingerprint density at radius 1 is 0.489 bits per heavy atom. The van der Waals surface area contributed by atoms with E-state index in [4.69, 9.17) is 10.5 Å². The maximum atomic E-state index is 13.0. The monoisotopic (exact) mass is 1250 g/mol. The summed E-state index contributed by atoms with van der Waals surface area (Å²) in [5.41, 5.74) is 12.7. The second-order valence-corrected chi connectivity index (χ2v) is 24.3. The lowest BCUT2D eigenvalue weighted by molar-refractivity contribution is -0.385. The Hall–Kier alpha value is -8.10. The Labute approximate surface area is 522 Å². The van der Waals surface area contributed by atoms with Gasteiger partial charge in [0.05, 0.1) is 36.5 Å². The first-order valence-electron chi connectivity index (χ1n) is 30.0. The van der Waals surface area contributed by atoms with Crippen LogP contribution in [0.1, 0.15) is 213 Å². The number of ether oxygens (including phenoxy) is 1. The van der Waals surface area contributed by atoms with Gasteiger partial charge in [0.25, 0.3) is 11.4 Å². The highest BCUT2D eigenvalue weighted by Crippen LogP contribution is 2.43. The molecule has 0 unspecified atom stereocenters. The van der Waals surface area contributed by atoms with Crippen molar-refractivity contribution in [1.29, 1.82) is 0 Å². The molecular formula is C69H91N5O12S2. The maximum Gasteiger partial charge on any atom is 0.274 e. The van der Waals surface area contributed by atoms with E-state index in [0.717, 1.165) is 28.8 Å². The van der Waals surface area contributed by atoms with Gasteiger partial charge in [-0.15, -0.1) is 0 Å². The van der Waals surface area contributed by atoms with Gasteiger partial charge in [-0.25, -0.2) is 26.3 Å². The molecule has 0 fully saturated rings. The van der Waals surface area contributed by atoms with Gasteiger partial charge >= 0.3 is 0 Å². The first kappa shape index (κ1) is 76.0. The number of phenolic OH excluding ortho intramolecular Hbond substituents is 1. The molecule has 0 saturated carbocycles. The molecule has 476 valence electrons. The molecule has 0 saturated heterocycles. The number of nitrogen functional groups attached to an aromatic ring is 1. The number of nitrogens with two attached hydrogens (primary N) is 1. The van der Waals surface area contributed by atoms with Crippen molar-refractivity contribution >= 4 is 48.7 Å². The van der Waals surface area contributed by atoms with Crippen LogP contribution in [0, 0.1) is 20.2 Å². The highest BCUT2D eigenvalue weighted by molar-refractivity contribution is 7.89. The first-order valence-corrected chi connectivity index (χ1v) is 32.9. The Balaban J connectivity index is 0.000000425. The molecule has 0 atom stereocenters. The minimum absolute atomic E-state index is 0.0162. The number of hydrogen-bond acceptors (Lipinski definition) is 13. The second kappa shape index (κ2) is 35.6. The van der Waals surface area contributed by atoms with Crippen molar-refractivity contribution in [2.75, 3.05) is 5.73 Å². The van der Waals surface area contributed by atoms with Crippen molar-refractivity contribution in [3.8, 4) is 17.2 Å². The number of sulfonamides is 2. The summed E-state index contributed by atoms with van der Waals surface area (Å²) in [6, 6.07) is 38.6. The molecule has 0 amide bonds. The number of aromatic hydroxyl groups is 1. The third kappa shape index (κ3) is 20.8. The maximum absolute atomic E-state index is 13.0. The topological polar surface area (TPSA) is 268 Å². The van der Waals surface area contributed by atoms with Gasteiger partial charge in [-0.1, -0.05) is 194 Å². The van der Waals surface area contributed by atoms with E-state index in [2.05, 4.69) is 51.0 Å². The summed E-state index contributed by atoms with van der Waals surface area (Å²) in [6.45, 7) is 35.4. The number of phenols is 1. The summed E-state index contributed by atoms with van der Waals surface area (Å²) in [6.07, 6.45) is 0.735. The van der Waals surface area contributed by atoms with Crippen LogP contribution in [-0.2, 0) is 32.9 Å². The van der Waals surface area contributed by atoms with Crippen molar-refractivity contribution < 1.29 is 46.1 Å². The quantitative estimate of drug-likeness (QED) is 0.0286. The number of nitro groups is 2. The Morgan fingerprint density at radius 3 is 1.14 bits per heavy atom. The van der Waals surface area contributed by atoms with Crippen molar-refractivity contribution in [2.24, 2.45) is 0 Å². The lowest BCUT2D eigenvalue weighted by Gasteiger charge is -2.21. The van der Waals surface area contributed by atoms with E-state index in [1.807, 2.05) is 116 Å². The normalized spacial score (nSPS) is 11.4. The molecule has 88 heavy (non-hydrogen) atoms. The summed E-state index contributed by atoms with van der Waals surface area (Å²) in [4.78, 5) is 47.4. The molecule has 17 nitrogen and oxygen atoms in total. The zero-order chi connectivity index (χ0) is 67.0. The second-order valence-electron chi connectivity index (χ2n) is 20.9. The van der Waals surface area contributed by atoms with Crippen molar-refractivity contribution in [1.82, 2.24) is 9.44 Å². The average Bonchev–Trinajstić information content (AvgIpc) is 1.54. The van der Waals surface area contributed by atoms with Gasteiger partial charge in [0.2, 0.25) is 20.0 Å². The van der Waals surface area contributed by atoms with Crippen LogP contribution >= 0.6 is 0 Å². The number of rotatable bonds is 17. The number of anilines is 1. The van der Waals surface area contributed by atoms with E-state index in [0.29, 0.717) is 47.5 Å². The van der Waals surface area contributed by atoms with Crippen LogP contribution in [0.5, 0.6) is 17.2 Å². The van der Waals surface area contributed by atoms with Crippen LogP contribution < -0.4 is 19.9 Å². The lowest BCUT2D eigenvalue weighted by atomic mass is 9.82. The largest absolute Gasteiger partial charge is 0.507 e. The third-order valence-electron chi connectivity index (χ3n) is 12.9. The van der Waals surface area contributed by atoms with E-state index in [1.165, 1.54) is 41.5 Å². The fraction of sp³-hybridized carbons (Fsp3) is 0.362. The van der Waals surface area contributed by atoms with E-state index in [9.17, 15) is 51.8 Å². The number of fused-ring (bicyclic) bond motifs is 2. The first-order chi connectivity index (χ1) is 41.6. The lowest BCUT2D eigenvalue weighted by Crippen LogP contribution is -2.30. The van der Waals surface area contributed by atoms with Crippen molar-refractivity contribution in [3.05, 3.63) is 221 Å². The molecule has 0 radical (unpaired) electrons. The van der Waals surface area contributed by atoms with Gasteiger partial charge < -0.3 is 15.6 Å². The molecule has 1 aliphatic rings.